The first-order valence-corrected chi connectivity index (χ1v) is 9.82. The summed E-state index contributed by atoms with van der Waals surface area (Å²) in [7, 11) is -3.25. The van der Waals surface area contributed by atoms with Gasteiger partial charge in [-0.05, 0) is 47.9 Å². The molecule has 0 saturated heterocycles. The third kappa shape index (κ3) is 4.58. The number of benzene rings is 2. The van der Waals surface area contributed by atoms with E-state index in [1.807, 2.05) is 26.0 Å². The first kappa shape index (κ1) is 18.5. The van der Waals surface area contributed by atoms with Crippen molar-refractivity contribution in [3.8, 4) is 0 Å². The van der Waals surface area contributed by atoms with Crippen LogP contribution in [0.4, 0.5) is 5.69 Å². The van der Waals surface area contributed by atoms with Crippen LogP contribution in [0.1, 0.15) is 25.3 Å². The maximum Gasteiger partial charge on any atom is 0.232 e. The summed E-state index contributed by atoms with van der Waals surface area (Å²) < 4.78 is 23.0. The number of halogens is 1. The highest BCUT2D eigenvalue weighted by atomic mass is 35.5. The van der Waals surface area contributed by atoms with Crippen LogP contribution in [0.25, 0.3) is 0 Å². The molecule has 128 valence electrons. The Morgan fingerprint density at radius 1 is 1.00 bits per heavy atom. The number of carbonyl (C=O) groups is 1. The summed E-state index contributed by atoms with van der Waals surface area (Å²) in [6.07, 6.45) is 1.15. The van der Waals surface area contributed by atoms with E-state index in [1.165, 1.54) is 12.1 Å². The van der Waals surface area contributed by atoms with Crippen molar-refractivity contribution >= 4 is 33.0 Å². The molecule has 1 N–H and O–H groups in total. The van der Waals surface area contributed by atoms with Gasteiger partial charge < -0.3 is 5.32 Å². The zero-order chi connectivity index (χ0) is 17.9. The van der Waals surface area contributed by atoms with E-state index in [1.54, 1.807) is 24.3 Å². The van der Waals surface area contributed by atoms with Crippen LogP contribution in [0.5, 0.6) is 0 Å². The normalized spacial score (nSPS) is 12.9. The fourth-order valence-electron chi connectivity index (χ4n) is 2.51. The van der Waals surface area contributed by atoms with Gasteiger partial charge in [-0.15, -0.1) is 0 Å². The van der Waals surface area contributed by atoms with Crippen LogP contribution < -0.4 is 5.32 Å². The Morgan fingerprint density at radius 2 is 1.54 bits per heavy atom. The molecular weight excluding hydrogens is 346 g/mol. The minimum Gasteiger partial charge on any atom is -0.326 e. The Kier molecular flexibility index (Phi) is 5.67. The van der Waals surface area contributed by atoms with E-state index in [4.69, 9.17) is 11.6 Å². The van der Waals surface area contributed by atoms with Gasteiger partial charge in [-0.1, -0.05) is 37.6 Å². The van der Waals surface area contributed by atoms with Gasteiger partial charge in [0.15, 0.2) is 9.84 Å². The minimum atomic E-state index is -3.25. The first-order chi connectivity index (χ1) is 11.2. The molecule has 0 radical (unpaired) electrons. The zero-order valence-electron chi connectivity index (χ0n) is 13.8. The molecule has 0 aliphatic carbocycles. The second-order valence-corrected chi connectivity index (χ2v) is 8.51. The van der Waals surface area contributed by atoms with Gasteiger partial charge in [-0.25, -0.2) is 8.42 Å². The van der Waals surface area contributed by atoms with Gasteiger partial charge in [0.25, 0.3) is 0 Å². The summed E-state index contributed by atoms with van der Waals surface area (Å²) in [5, 5.41) is 3.47. The predicted molar refractivity (Wildman–Crippen MR) is 97.2 cm³/mol. The quantitative estimate of drug-likeness (QED) is 0.866. The van der Waals surface area contributed by atoms with E-state index in [0.717, 1.165) is 11.8 Å². The maximum absolute atomic E-state index is 12.7. The number of hydrogen-bond acceptors (Lipinski definition) is 3. The van der Waals surface area contributed by atoms with Gasteiger partial charge in [-0.2, -0.15) is 0 Å². The predicted octanol–water partition coefficient (Wildman–Crippen LogP) is 4.12. The number of sulfone groups is 1. The number of rotatable bonds is 5. The van der Waals surface area contributed by atoms with E-state index in [-0.39, 0.29) is 22.6 Å². The molecule has 1 amide bonds. The Morgan fingerprint density at radius 3 is 2.00 bits per heavy atom. The molecule has 1 atom stereocenters. The molecule has 0 fully saturated rings. The van der Waals surface area contributed by atoms with Crippen molar-refractivity contribution in [3.63, 3.8) is 0 Å². The summed E-state index contributed by atoms with van der Waals surface area (Å²) in [6, 6.07) is 13.4. The lowest BCUT2D eigenvalue weighted by atomic mass is 9.87. The summed E-state index contributed by atoms with van der Waals surface area (Å²) >= 11 is 5.91. The van der Waals surface area contributed by atoms with Gasteiger partial charge in [0.1, 0.15) is 0 Å². The van der Waals surface area contributed by atoms with Crippen LogP contribution >= 0.6 is 11.6 Å². The van der Waals surface area contributed by atoms with Crippen LogP contribution in [0, 0.1) is 5.92 Å². The molecule has 0 aromatic heterocycles. The lowest BCUT2D eigenvalue weighted by Gasteiger charge is -2.21. The monoisotopic (exact) mass is 365 g/mol. The minimum absolute atomic E-state index is 0.0986. The Hall–Kier alpha value is -1.85. The molecule has 0 heterocycles. The second kappa shape index (κ2) is 7.36. The van der Waals surface area contributed by atoms with Crippen LogP contribution in [-0.4, -0.2) is 20.6 Å². The van der Waals surface area contributed by atoms with Crippen molar-refractivity contribution < 1.29 is 13.2 Å². The molecule has 0 aliphatic heterocycles. The van der Waals surface area contributed by atoms with Gasteiger partial charge in [0.2, 0.25) is 5.91 Å². The fraction of sp³-hybridized carbons (Fsp3) is 0.278. The average molecular weight is 366 g/mol. The highest BCUT2D eigenvalue weighted by molar-refractivity contribution is 7.90. The molecule has 1 unspecified atom stereocenters. The second-order valence-electron chi connectivity index (χ2n) is 6.06. The van der Waals surface area contributed by atoms with Crippen molar-refractivity contribution in [3.05, 3.63) is 59.1 Å². The van der Waals surface area contributed by atoms with E-state index in [2.05, 4.69) is 5.32 Å². The summed E-state index contributed by atoms with van der Waals surface area (Å²) in [5.74, 6) is -0.363. The molecule has 0 spiro atoms. The molecule has 2 rings (SSSR count). The molecule has 0 saturated carbocycles. The third-order valence-corrected chi connectivity index (χ3v) is 5.11. The highest BCUT2D eigenvalue weighted by Gasteiger charge is 2.24. The molecule has 6 heteroatoms. The van der Waals surface area contributed by atoms with Crippen LogP contribution in [-0.2, 0) is 14.6 Å². The molecule has 24 heavy (non-hydrogen) atoms. The Labute approximate surface area is 147 Å². The topological polar surface area (TPSA) is 63.2 Å². The summed E-state index contributed by atoms with van der Waals surface area (Å²) in [6.45, 7) is 3.96. The van der Waals surface area contributed by atoms with E-state index < -0.39 is 9.84 Å². The number of nitrogens with one attached hydrogen (secondary N) is 1. The van der Waals surface area contributed by atoms with Crippen LogP contribution in [0.3, 0.4) is 0 Å². The van der Waals surface area contributed by atoms with Crippen molar-refractivity contribution in [2.24, 2.45) is 5.92 Å². The van der Waals surface area contributed by atoms with Gasteiger partial charge in [0.05, 0.1) is 10.8 Å². The first-order valence-electron chi connectivity index (χ1n) is 7.55. The standard InChI is InChI=1S/C18H20ClNO3S/c1-12(2)17(13-4-6-14(19)7-5-13)18(21)20-15-8-10-16(11-9-15)24(3,22)23/h4-12,17H,1-3H3,(H,20,21). The van der Waals surface area contributed by atoms with Crippen LogP contribution in [0.15, 0.2) is 53.4 Å². The lowest BCUT2D eigenvalue weighted by molar-refractivity contribution is -0.118. The number of anilines is 1. The van der Waals surface area contributed by atoms with Crippen molar-refractivity contribution in [2.75, 3.05) is 11.6 Å². The average Bonchev–Trinajstić information content (AvgIpc) is 2.49. The molecular formula is C18H20ClNO3S. The van der Waals surface area contributed by atoms with Crippen molar-refractivity contribution in [2.45, 2.75) is 24.7 Å². The molecule has 2 aromatic rings. The number of carbonyl (C=O) groups excluding carboxylic acids is 1. The van der Waals surface area contributed by atoms with Crippen molar-refractivity contribution in [1.82, 2.24) is 0 Å². The molecule has 2 aromatic carbocycles. The maximum atomic E-state index is 12.7. The molecule has 4 nitrogen and oxygen atoms in total. The number of hydrogen-bond donors (Lipinski definition) is 1. The summed E-state index contributed by atoms with van der Waals surface area (Å²) in [5.41, 5.74) is 1.45. The van der Waals surface area contributed by atoms with Crippen molar-refractivity contribution in [1.29, 1.82) is 0 Å². The number of amides is 1. The third-order valence-electron chi connectivity index (χ3n) is 3.73. The summed E-state index contributed by atoms with van der Waals surface area (Å²) in [4.78, 5) is 12.9. The van der Waals surface area contributed by atoms with Gasteiger partial charge in [-0.3, -0.25) is 4.79 Å². The Balaban J connectivity index is 2.21. The van der Waals surface area contributed by atoms with E-state index in [0.29, 0.717) is 10.7 Å². The largest absolute Gasteiger partial charge is 0.326 e. The molecule has 0 aliphatic rings. The van der Waals surface area contributed by atoms with Gasteiger partial charge in [0, 0.05) is 17.0 Å². The van der Waals surface area contributed by atoms with E-state index >= 15 is 0 Å². The molecule has 0 bridgehead atoms. The Bertz CT molecular complexity index is 812. The SMILES string of the molecule is CC(C)C(C(=O)Nc1ccc(S(C)(=O)=O)cc1)c1ccc(Cl)cc1. The van der Waals surface area contributed by atoms with Crippen LogP contribution in [0.2, 0.25) is 5.02 Å². The van der Waals surface area contributed by atoms with Gasteiger partial charge >= 0.3 is 0 Å². The highest BCUT2D eigenvalue weighted by Crippen LogP contribution is 2.27. The van der Waals surface area contributed by atoms with E-state index in [9.17, 15) is 13.2 Å². The fourth-order valence-corrected chi connectivity index (χ4v) is 3.27. The smallest absolute Gasteiger partial charge is 0.232 e. The zero-order valence-corrected chi connectivity index (χ0v) is 15.4. The lowest BCUT2D eigenvalue weighted by Crippen LogP contribution is -2.25.